The second-order valence-corrected chi connectivity index (χ2v) is 9.99. The molecule has 1 aromatic heterocycles. The molecule has 0 radical (unpaired) electrons. The number of amidine groups is 1. The Balaban J connectivity index is 2.53. The zero-order valence-corrected chi connectivity index (χ0v) is 17.7. The summed E-state index contributed by atoms with van der Waals surface area (Å²) in [5.41, 5.74) is 20.4. The molecular formula is C16H21N9O4S2. The van der Waals surface area contributed by atoms with Gasteiger partial charge >= 0.3 is 0 Å². The van der Waals surface area contributed by atoms with E-state index in [4.69, 9.17) is 28.2 Å². The van der Waals surface area contributed by atoms with Gasteiger partial charge in [0.15, 0.2) is 21.6 Å². The van der Waals surface area contributed by atoms with Gasteiger partial charge in [-0.3, -0.25) is 0 Å². The summed E-state index contributed by atoms with van der Waals surface area (Å²) in [6, 6.07) is 7.52. The van der Waals surface area contributed by atoms with Gasteiger partial charge in [0.1, 0.15) is 4.90 Å². The Morgan fingerprint density at radius 3 is 2.45 bits per heavy atom. The highest BCUT2D eigenvalue weighted by atomic mass is 32.2. The Bertz CT molecular complexity index is 1400. The number of H-pyrrole nitrogens is 1. The lowest BCUT2D eigenvalue weighted by molar-refractivity contribution is 0.583. The third-order valence-corrected chi connectivity index (χ3v) is 7.30. The van der Waals surface area contributed by atoms with Crippen molar-refractivity contribution in [1.82, 2.24) is 15.5 Å². The van der Waals surface area contributed by atoms with E-state index in [-0.39, 0.29) is 23.6 Å². The second-order valence-electron chi connectivity index (χ2n) is 6.42. The smallest absolute Gasteiger partial charge is 0.240 e. The molecular weight excluding hydrogens is 446 g/mol. The van der Waals surface area contributed by atoms with Crippen molar-refractivity contribution in [2.24, 2.45) is 27.6 Å². The lowest BCUT2D eigenvalue weighted by atomic mass is 9.97. The Hall–Kier alpha value is -3.24. The fraction of sp³-hybridized carbons (Fsp3) is 0.125. The van der Waals surface area contributed by atoms with Crippen LogP contribution in [0.3, 0.4) is 0 Å². The number of imidazole rings is 1. The number of nitrogen functional groups attached to an aromatic ring is 1. The van der Waals surface area contributed by atoms with Crippen LogP contribution in [-0.4, -0.2) is 44.9 Å². The molecule has 0 unspecified atom stereocenters. The number of aromatic nitrogens is 2. The number of hydrazine groups is 1. The quantitative estimate of drug-likeness (QED) is 0.0894. The van der Waals surface area contributed by atoms with Crippen molar-refractivity contribution in [2.45, 2.75) is 9.79 Å². The summed E-state index contributed by atoms with van der Waals surface area (Å²) in [6.07, 6.45) is 0. The van der Waals surface area contributed by atoms with Gasteiger partial charge in [-0.1, -0.05) is 18.2 Å². The highest BCUT2D eigenvalue weighted by molar-refractivity contribution is 7.93. The van der Waals surface area contributed by atoms with Gasteiger partial charge in [-0.2, -0.15) is 0 Å². The summed E-state index contributed by atoms with van der Waals surface area (Å²) in [6.45, 7) is -0.233. The number of nitrogens with one attached hydrogen (secondary N) is 2. The van der Waals surface area contributed by atoms with Gasteiger partial charge in [0.25, 0.3) is 0 Å². The zero-order valence-electron chi connectivity index (χ0n) is 16.0. The highest BCUT2D eigenvalue weighted by Crippen LogP contribution is 2.36. The monoisotopic (exact) mass is 467 g/mol. The molecule has 12 N–H and O–H groups in total. The number of primary sulfonamides is 1. The van der Waals surface area contributed by atoms with Crippen molar-refractivity contribution in [3.63, 3.8) is 0 Å². The summed E-state index contributed by atoms with van der Waals surface area (Å²) in [5.74, 6) is 4.42. The van der Waals surface area contributed by atoms with Crippen LogP contribution in [0, 0.1) is 0 Å². The maximum atomic E-state index is 12.7. The van der Waals surface area contributed by atoms with Gasteiger partial charge < -0.3 is 22.2 Å². The van der Waals surface area contributed by atoms with Crippen LogP contribution in [0.4, 0.5) is 5.95 Å². The molecule has 0 fully saturated rings. The van der Waals surface area contributed by atoms with Crippen LogP contribution in [0.1, 0.15) is 5.56 Å². The molecule has 3 aromatic rings. The fourth-order valence-corrected chi connectivity index (χ4v) is 6.00. The predicted molar refractivity (Wildman–Crippen MR) is 116 cm³/mol. The van der Waals surface area contributed by atoms with Crippen LogP contribution in [0.25, 0.3) is 22.2 Å². The minimum absolute atomic E-state index is 0.128. The summed E-state index contributed by atoms with van der Waals surface area (Å²) >= 11 is 0. The number of aromatic amines is 1. The summed E-state index contributed by atoms with van der Waals surface area (Å²) in [5, 5.41) is 9.06. The number of fused-ring (bicyclic) bond motifs is 1. The van der Waals surface area contributed by atoms with Gasteiger partial charge in [-0.05, 0) is 17.7 Å². The van der Waals surface area contributed by atoms with E-state index in [9.17, 15) is 16.8 Å². The van der Waals surface area contributed by atoms with Crippen molar-refractivity contribution < 1.29 is 16.8 Å². The van der Waals surface area contributed by atoms with Gasteiger partial charge in [0.2, 0.25) is 10.0 Å². The average molecular weight is 468 g/mol. The van der Waals surface area contributed by atoms with Gasteiger partial charge in [-0.25, -0.2) is 38.3 Å². The molecule has 0 saturated heterocycles. The van der Waals surface area contributed by atoms with E-state index in [1.807, 2.05) is 5.53 Å². The van der Waals surface area contributed by atoms with Crippen LogP contribution < -0.4 is 33.7 Å². The normalized spacial score (nSPS) is 12.9. The number of hydrazone groups is 1. The number of hydrogen-bond donors (Lipinski definition) is 7. The summed E-state index contributed by atoms with van der Waals surface area (Å²) in [7, 11) is -8.73. The molecule has 1 heterocycles. The van der Waals surface area contributed by atoms with E-state index in [0.29, 0.717) is 16.6 Å². The second kappa shape index (κ2) is 8.12. The number of anilines is 1. The molecule has 2 aromatic carbocycles. The van der Waals surface area contributed by atoms with Crippen LogP contribution >= 0.6 is 0 Å². The third kappa shape index (κ3) is 4.17. The van der Waals surface area contributed by atoms with E-state index in [2.05, 4.69) is 15.1 Å². The van der Waals surface area contributed by atoms with E-state index in [1.54, 1.807) is 18.2 Å². The van der Waals surface area contributed by atoms with Crippen molar-refractivity contribution in [3.05, 3.63) is 35.9 Å². The molecule has 15 heteroatoms. The predicted octanol–water partition coefficient (Wildman–Crippen LogP) is -1.72. The molecule has 0 aliphatic carbocycles. The molecule has 166 valence electrons. The first-order valence-electron chi connectivity index (χ1n) is 8.67. The molecule has 0 aliphatic heterocycles. The molecule has 0 saturated carbocycles. The van der Waals surface area contributed by atoms with Crippen molar-refractivity contribution in [2.75, 3.05) is 18.0 Å². The maximum Gasteiger partial charge on any atom is 0.240 e. The van der Waals surface area contributed by atoms with Gasteiger partial charge in [0, 0.05) is 17.7 Å². The van der Waals surface area contributed by atoms with Gasteiger partial charge in [0.05, 0.1) is 21.7 Å². The van der Waals surface area contributed by atoms with Crippen LogP contribution in [0.5, 0.6) is 0 Å². The number of para-hydroxylation sites is 1. The molecule has 0 spiro atoms. The van der Waals surface area contributed by atoms with Crippen molar-refractivity contribution >= 4 is 42.7 Å². The van der Waals surface area contributed by atoms with Crippen LogP contribution in [0.15, 0.2) is 45.2 Å². The topological polar surface area (TPSA) is 251 Å². The van der Waals surface area contributed by atoms with Gasteiger partial charge in [-0.15, -0.1) is 5.10 Å². The number of sulfone groups is 1. The molecule has 0 atom stereocenters. The number of sulfonamides is 1. The Morgan fingerprint density at radius 1 is 1.13 bits per heavy atom. The van der Waals surface area contributed by atoms with Crippen molar-refractivity contribution in [1.29, 1.82) is 0 Å². The minimum atomic E-state index is -4.61. The molecule has 0 amide bonds. The number of rotatable bonds is 7. The molecule has 31 heavy (non-hydrogen) atoms. The van der Waals surface area contributed by atoms with E-state index in [1.165, 1.54) is 6.07 Å². The van der Waals surface area contributed by atoms with Crippen molar-refractivity contribution in [3.8, 4) is 11.1 Å². The van der Waals surface area contributed by atoms with Crippen LogP contribution in [0.2, 0.25) is 0 Å². The Morgan fingerprint density at radius 2 is 1.84 bits per heavy atom. The first-order chi connectivity index (χ1) is 14.5. The van der Waals surface area contributed by atoms with Crippen LogP contribution in [-0.2, 0) is 19.9 Å². The number of hydrogen-bond acceptors (Lipinski definition) is 10. The highest BCUT2D eigenvalue weighted by Gasteiger charge is 2.31. The number of benzene rings is 2. The first-order valence-corrected chi connectivity index (χ1v) is 11.9. The lowest BCUT2D eigenvalue weighted by Gasteiger charge is -2.17. The van der Waals surface area contributed by atoms with E-state index in [0.717, 1.165) is 6.07 Å². The maximum absolute atomic E-state index is 12.7. The standard InChI is InChI=1S/C16H21N9O4S2/c17-6-7-30(26,27)11-5-4-8(9-2-1-3-10-13(9)23-16(19)22-10)12(15(18)24-25-20)14(11)31(21,28)29/h1-5,25H,6-7,17,20H2,(H2,18,24)(H3,19,22,23)(H2,21,28,29). The minimum Gasteiger partial charge on any atom is -0.382 e. The zero-order chi connectivity index (χ0) is 23.0. The Labute approximate surface area is 177 Å². The number of nitrogens with two attached hydrogens (primary N) is 5. The molecule has 0 aliphatic rings. The fourth-order valence-electron chi connectivity index (χ4n) is 3.23. The SMILES string of the molecule is NCCS(=O)(=O)c1ccc(-c2cccc3[nH]c(N)nc23)c(/C(N)=N/NN)c1S(N)(=O)=O. The Kier molecular flexibility index (Phi) is 5.88. The first kappa shape index (κ1) is 22.4. The lowest BCUT2D eigenvalue weighted by Crippen LogP contribution is -2.29. The number of nitrogens with zero attached hydrogens (tertiary/aromatic N) is 2. The molecule has 13 nitrogen and oxygen atoms in total. The molecule has 3 rings (SSSR count). The third-order valence-electron chi connectivity index (χ3n) is 4.39. The summed E-state index contributed by atoms with van der Waals surface area (Å²) in [4.78, 5) is 5.79. The van der Waals surface area contributed by atoms with E-state index >= 15 is 0 Å². The van der Waals surface area contributed by atoms with E-state index < -0.39 is 41.2 Å². The average Bonchev–Trinajstić information content (AvgIpc) is 3.06. The molecule has 0 bridgehead atoms. The largest absolute Gasteiger partial charge is 0.382 e. The summed E-state index contributed by atoms with van der Waals surface area (Å²) < 4.78 is 50.6.